The van der Waals surface area contributed by atoms with Crippen molar-refractivity contribution in [2.24, 2.45) is 0 Å². The fourth-order valence-corrected chi connectivity index (χ4v) is 4.97. The number of hydrogen-bond donors (Lipinski definition) is 1. The molecule has 0 bridgehead atoms. The molecular formula is C20H17F2N5O3S. The minimum atomic E-state index is -0.721. The first-order valence-electron chi connectivity index (χ1n) is 9.64. The highest BCUT2D eigenvalue weighted by Gasteiger charge is 2.41. The van der Waals surface area contributed by atoms with Crippen LogP contribution in [-0.2, 0) is 6.42 Å². The van der Waals surface area contributed by atoms with E-state index in [-0.39, 0.29) is 40.3 Å². The zero-order chi connectivity index (χ0) is 21.9. The van der Waals surface area contributed by atoms with Crippen LogP contribution in [0.15, 0.2) is 29.2 Å². The minimum Gasteiger partial charge on any atom is -0.502 e. The van der Waals surface area contributed by atoms with Gasteiger partial charge in [0.15, 0.2) is 16.5 Å². The maximum absolute atomic E-state index is 13.9. The first-order valence-corrected chi connectivity index (χ1v) is 10.5. The quantitative estimate of drug-likeness (QED) is 0.664. The lowest BCUT2D eigenvalue weighted by molar-refractivity contribution is 0.0656. The number of rotatable bonds is 3. The Balaban J connectivity index is 1.54. The zero-order valence-electron chi connectivity index (χ0n) is 16.4. The molecule has 8 nitrogen and oxygen atoms in total. The van der Waals surface area contributed by atoms with E-state index in [0.29, 0.717) is 11.6 Å². The predicted molar refractivity (Wildman–Crippen MR) is 109 cm³/mol. The second kappa shape index (κ2) is 7.12. The van der Waals surface area contributed by atoms with Crippen LogP contribution in [0.3, 0.4) is 0 Å². The van der Waals surface area contributed by atoms with Gasteiger partial charge in [-0.25, -0.2) is 8.78 Å². The number of carbonyl (C=O) groups is 1. The third kappa shape index (κ3) is 3.07. The van der Waals surface area contributed by atoms with Gasteiger partial charge in [-0.1, -0.05) is 17.4 Å². The number of aromatic nitrogens is 3. The molecule has 3 aromatic rings. The fourth-order valence-electron chi connectivity index (χ4n) is 4.11. The van der Waals surface area contributed by atoms with Gasteiger partial charge >= 0.3 is 0 Å². The molecule has 1 N–H and O–H groups in total. The summed E-state index contributed by atoms with van der Waals surface area (Å²) in [7, 11) is 1.79. The number of fused-ring (bicyclic) bond motifs is 2. The maximum Gasteiger partial charge on any atom is 0.278 e. The van der Waals surface area contributed by atoms with E-state index < -0.39 is 22.8 Å². The van der Waals surface area contributed by atoms with E-state index in [1.807, 2.05) is 5.01 Å². The molecule has 1 saturated heterocycles. The first-order chi connectivity index (χ1) is 14.8. The number of benzene rings is 1. The number of nitrogens with zero attached hydrogens (tertiary/aromatic N) is 5. The molecule has 0 radical (unpaired) electrons. The van der Waals surface area contributed by atoms with Gasteiger partial charge in [0.05, 0.1) is 5.56 Å². The standard InChI is InChI=1S/C20H17F2N5O3S/c1-25-15-3-2-6-26(15)20(30)16-18(29)17(28)12(9-27(16)25)19-24-23-14(31-19)7-10-4-5-11(21)8-13(10)22/h4-5,8-9,15,29H,2-3,6-7H2,1H3. The smallest absolute Gasteiger partial charge is 0.278 e. The molecule has 0 saturated carbocycles. The third-order valence-electron chi connectivity index (χ3n) is 5.67. The molecule has 1 fully saturated rings. The van der Waals surface area contributed by atoms with Gasteiger partial charge in [0.2, 0.25) is 5.43 Å². The molecule has 1 aromatic carbocycles. The SMILES string of the molecule is CN1C2CCCN2C(=O)c2c(O)c(=O)c(-c3nnc(Cc4ccc(F)cc4F)s3)cn21. The summed E-state index contributed by atoms with van der Waals surface area (Å²) in [5.41, 5.74) is -0.453. The number of pyridine rings is 1. The first kappa shape index (κ1) is 19.6. The third-order valence-corrected chi connectivity index (χ3v) is 6.63. The van der Waals surface area contributed by atoms with Crippen LogP contribution < -0.4 is 10.4 Å². The molecule has 0 spiro atoms. The molecular weight excluding hydrogens is 428 g/mol. The van der Waals surface area contributed by atoms with Gasteiger partial charge < -0.3 is 10.0 Å². The van der Waals surface area contributed by atoms with Crippen LogP contribution in [0.4, 0.5) is 8.78 Å². The zero-order valence-corrected chi connectivity index (χ0v) is 17.2. The number of hydrogen-bond acceptors (Lipinski definition) is 7. The summed E-state index contributed by atoms with van der Waals surface area (Å²) in [6.07, 6.45) is 3.04. The van der Waals surface area contributed by atoms with Crippen LogP contribution in [0.2, 0.25) is 0 Å². The van der Waals surface area contributed by atoms with Gasteiger partial charge in [-0.3, -0.25) is 19.3 Å². The Labute approximate surface area is 179 Å². The van der Waals surface area contributed by atoms with Crippen molar-refractivity contribution in [1.29, 1.82) is 0 Å². The highest BCUT2D eigenvalue weighted by Crippen LogP contribution is 2.32. The van der Waals surface area contributed by atoms with Gasteiger partial charge in [-0.05, 0) is 24.5 Å². The lowest BCUT2D eigenvalue weighted by Crippen LogP contribution is -2.57. The Hall–Kier alpha value is -3.34. The van der Waals surface area contributed by atoms with Gasteiger partial charge in [0, 0.05) is 32.3 Å². The van der Waals surface area contributed by atoms with Crippen molar-refractivity contribution in [3.8, 4) is 16.3 Å². The summed E-state index contributed by atoms with van der Waals surface area (Å²) < 4.78 is 28.5. The summed E-state index contributed by atoms with van der Waals surface area (Å²) in [6, 6.07) is 3.29. The average molecular weight is 445 g/mol. The summed E-state index contributed by atoms with van der Waals surface area (Å²) in [5, 5.41) is 21.1. The van der Waals surface area contributed by atoms with E-state index >= 15 is 0 Å². The Bertz CT molecular complexity index is 1270. The Morgan fingerprint density at radius 2 is 2.06 bits per heavy atom. The van der Waals surface area contributed by atoms with Gasteiger partial charge in [-0.2, -0.15) is 0 Å². The van der Waals surface area contributed by atoms with Gasteiger partial charge in [0.1, 0.15) is 22.8 Å². The van der Waals surface area contributed by atoms with Crippen molar-refractivity contribution in [1.82, 2.24) is 19.8 Å². The number of aromatic hydroxyl groups is 1. The van der Waals surface area contributed by atoms with Crippen molar-refractivity contribution in [3.63, 3.8) is 0 Å². The van der Waals surface area contributed by atoms with E-state index in [2.05, 4.69) is 10.2 Å². The van der Waals surface area contributed by atoms with Crippen LogP contribution >= 0.6 is 11.3 Å². The monoisotopic (exact) mass is 445 g/mol. The van der Waals surface area contributed by atoms with Crippen LogP contribution in [0.1, 0.15) is 33.9 Å². The highest BCUT2D eigenvalue weighted by molar-refractivity contribution is 7.14. The topological polar surface area (TPSA) is 91.6 Å². The molecule has 2 aromatic heterocycles. The maximum atomic E-state index is 13.9. The van der Waals surface area contributed by atoms with Gasteiger partial charge in [0.25, 0.3) is 5.91 Å². The van der Waals surface area contributed by atoms with Crippen molar-refractivity contribution >= 4 is 17.2 Å². The van der Waals surface area contributed by atoms with E-state index in [1.54, 1.807) is 11.9 Å². The molecule has 160 valence electrons. The minimum absolute atomic E-state index is 0.0764. The molecule has 1 atom stereocenters. The number of carbonyl (C=O) groups excluding carboxylic acids is 1. The molecule has 31 heavy (non-hydrogen) atoms. The Kier molecular flexibility index (Phi) is 4.50. The molecule has 1 amide bonds. The largest absolute Gasteiger partial charge is 0.502 e. The second-order valence-electron chi connectivity index (χ2n) is 7.52. The molecule has 2 aliphatic rings. The van der Waals surface area contributed by atoms with Crippen LogP contribution in [-0.4, -0.2) is 50.5 Å². The van der Waals surface area contributed by atoms with E-state index in [1.165, 1.54) is 16.9 Å². The number of halogens is 2. The molecule has 5 rings (SSSR count). The van der Waals surface area contributed by atoms with E-state index in [9.17, 15) is 23.5 Å². The Morgan fingerprint density at radius 1 is 1.26 bits per heavy atom. The van der Waals surface area contributed by atoms with E-state index in [4.69, 9.17) is 0 Å². The average Bonchev–Trinajstić information content (AvgIpc) is 3.40. The van der Waals surface area contributed by atoms with Crippen LogP contribution in [0, 0.1) is 11.6 Å². The van der Waals surface area contributed by atoms with E-state index in [0.717, 1.165) is 36.3 Å². The predicted octanol–water partition coefficient (Wildman–Crippen LogP) is 2.08. The summed E-state index contributed by atoms with van der Waals surface area (Å²) in [4.78, 5) is 27.3. The lowest BCUT2D eigenvalue weighted by Gasteiger charge is -2.41. The van der Waals surface area contributed by atoms with Crippen molar-refractivity contribution in [2.75, 3.05) is 18.6 Å². The van der Waals surface area contributed by atoms with Crippen LogP contribution in [0.5, 0.6) is 5.75 Å². The number of amides is 1. The second-order valence-corrected chi connectivity index (χ2v) is 8.58. The normalized spacial score (nSPS) is 17.8. The van der Waals surface area contributed by atoms with Crippen molar-refractivity contribution in [2.45, 2.75) is 25.4 Å². The molecule has 11 heteroatoms. The molecule has 2 aliphatic heterocycles. The fraction of sp³-hybridized carbons (Fsp3) is 0.300. The highest BCUT2D eigenvalue weighted by atomic mass is 32.1. The van der Waals surface area contributed by atoms with Gasteiger partial charge in [-0.15, -0.1) is 10.2 Å². The van der Waals surface area contributed by atoms with Crippen molar-refractivity contribution < 1.29 is 18.7 Å². The molecule has 1 unspecified atom stereocenters. The summed E-state index contributed by atoms with van der Waals surface area (Å²) in [6.45, 7) is 0.572. The Morgan fingerprint density at radius 3 is 2.84 bits per heavy atom. The molecule has 4 heterocycles. The summed E-state index contributed by atoms with van der Waals surface area (Å²) >= 11 is 1.07. The summed E-state index contributed by atoms with van der Waals surface area (Å²) in [5.74, 6) is -2.38. The molecule has 0 aliphatic carbocycles. The lowest BCUT2D eigenvalue weighted by atomic mass is 10.1. The van der Waals surface area contributed by atoms with Crippen molar-refractivity contribution in [3.05, 3.63) is 62.5 Å². The van der Waals surface area contributed by atoms with Crippen LogP contribution in [0.25, 0.3) is 10.6 Å².